The maximum absolute atomic E-state index is 9.69. The number of hydrogen-bond donors (Lipinski definition) is 3. The quantitative estimate of drug-likeness (QED) is 0.421. The molecule has 94 valence electrons. The molecule has 0 unspecified atom stereocenters. The van der Waals surface area contributed by atoms with Crippen LogP contribution in [0.15, 0.2) is 0 Å². The van der Waals surface area contributed by atoms with Gasteiger partial charge in [-0.15, -0.1) is 0 Å². The molecule has 0 aromatic carbocycles. The SMILES string of the molecule is CC1(C)OC[C@H]([C@H]2O[C@@H](OO)[C@@H](O)[C@H]2O)O1. The van der Waals surface area contributed by atoms with Gasteiger partial charge in [0, 0.05) is 0 Å². The molecule has 0 aromatic rings. The van der Waals surface area contributed by atoms with Crippen LogP contribution < -0.4 is 0 Å². The van der Waals surface area contributed by atoms with Gasteiger partial charge in [0.05, 0.1) is 6.61 Å². The average molecular weight is 236 g/mol. The second-order valence-electron chi connectivity index (χ2n) is 4.42. The number of ether oxygens (including phenoxy) is 3. The molecule has 2 rings (SSSR count). The van der Waals surface area contributed by atoms with Crippen molar-refractivity contribution in [2.24, 2.45) is 0 Å². The predicted molar refractivity (Wildman–Crippen MR) is 49.3 cm³/mol. The smallest absolute Gasteiger partial charge is 0.220 e. The third-order valence-corrected chi connectivity index (χ3v) is 2.76. The fourth-order valence-electron chi connectivity index (χ4n) is 1.94. The first-order chi connectivity index (χ1) is 7.44. The molecule has 2 aliphatic rings. The Morgan fingerprint density at radius 3 is 2.38 bits per heavy atom. The summed E-state index contributed by atoms with van der Waals surface area (Å²) in [5, 5.41) is 27.6. The van der Waals surface area contributed by atoms with Crippen LogP contribution in [0.3, 0.4) is 0 Å². The van der Waals surface area contributed by atoms with E-state index >= 15 is 0 Å². The standard InChI is InChI=1S/C9H16O7/c1-9(2)13-3-4(15-9)7-5(10)6(11)8(14-7)16-12/h4-8,10-12H,3H2,1-2H3/t4-,5-,6+,7-,8+/m1/s1. The van der Waals surface area contributed by atoms with Gasteiger partial charge < -0.3 is 24.4 Å². The third-order valence-electron chi connectivity index (χ3n) is 2.76. The minimum absolute atomic E-state index is 0.250. The molecule has 7 heteroatoms. The molecule has 2 aliphatic heterocycles. The van der Waals surface area contributed by atoms with Crippen molar-refractivity contribution in [1.29, 1.82) is 0 Å². The van der Waals surface area contributed by atoms with Crippen molar-refractivity contribution < 1.29 is 34.6 Å². The average Bonchev–Trinajstić information content (AvgIpc) is 2.70. The van der Waals surface area contributed by atoms with E-state index in [0.29, 0.717) is 0 Å². The van der Waals surface area contributed by atoms with Crippen LogP contribution in [-0.2, 0) is 19.1 Å². The number of hydrogen-bond acceptors (Lipinski definition) is 7. The summed E-state index contributed by atoms with van der Waals surface area (Å²) >= 11 is 0. The maximum atomic E-state index is 9.69. The largest absolute Gasteiger partial charge is 0.387 e. The summed E-state index contributed by atoms with van der Waals surface area (Å²) in [5.74, 6) is -0.739. The van der Waals surface area contributed by atoms with Crippen LogP contribution in [0.25, 0.3) is 0 Å². The molecule has 0 bridgehead atoms. The predicted octanol–water partition coefficient (Wildman–Crippen LogP) is -0.926. The van der Waals surface area contributed by atoms with Crippen LogP contribution in [0.4, 0.5) is 0 Å². The number of rotatable bonds is 2. The van der Waals surface area contributed by atoms with Crippen LogP contribution in [-0.4, -0.2) is 58.6 Å². The lowest BCUT2D eigenvalue weighted by molar-refractivity contribution is -0.356. The van der Waals surface area contributed by atoms with Crippen molar-refractivity contribution in [3.05, 3.63) is 0 Å². The molecule has 0 radical (unpaired) electrons. The van der Waals surface area contributed by atoms with Crippen LogP contribution in [0.5, 0.6) is 0 Å². The van der Waals surface area contributed by atoms with Crippen molar-refractivity contribution in [1.82, 2.24) is 0 Å². The van der Waals surface area contributed by atoms with Crippen molar-refractivity contribution >= 4 is 0 Å². The molecular weight excluding hydrogens is 220 g/mol. The van der Waals surface area contributed by atoms with E-state index in [0.717, 1.165) is 0 Å². The molecule has 0 spiro atoms. The van der Waals surface area contributed by atoms with E-state index < -0.39 is 36.5 Å². The topological polar surface area (TPSA) is 97.6 Å². The highest BCUT2D eigenvalue weighted by atomic mass is 17.1. The maximum Gasteiger partial charge on any atom is 0.220 e. The molecule has 0 amide bonds. The third kappa shape index (κ3) is 2.07. The minimum Gasteiger partial charge on any atom is -0.387 e. The van der Waals surface area contributed by atoms with E-state index in [1.54, 1.807) is 13.8 Å². The Morgan fingerprint density at radius 2 is 1.94 bits per heavy atom. The highest BCUT2D eigenvalue weighted by molar-refractivity contribution is 4.93. The molecule has 3 N–H and O–H groups in total. The zero-order valence-electron chi connectivity index (χ0n) is 9.07. The highest BCUT2D eigenvalue weighted by Gasteiger charge is 2.51. The first-order valence-corrected chi connectivity index (χ1v) is 5.08. The molecule has 7 nitrogen and oxygen atoms in total. The van der Waals surface area contributed by atoms with Gasteiger partial charge in [-0.2, -0.15) is 0 Å². The molecule has 16 heavy (non-hydrogen) atoms. The fraction of sp³-hybridized carbons (Fsp3) is 1.00. The summed E-state index contributed by atoms with van der Waals surface area (Å²) in [6, 6.07) is 0. The van der Waals surface area contributed by atoms with Crippen molar-refractivity contribution in [3.8, 4) is 0 Å². The lowest BCUT2D eigenvalue weighted by Crippen LogP contribution is -2.40. The molecule has 2 saturated heterocycles. The first-order valence-electron chi connectivity index (χ1n) is 5.08. The monoisotopic (exact) mass is 236 g/mol. The second-order valence-corrected chi connectivity index (χ2v) is 4.42. The summed E-state index contributed by atoms with van der Waals surface area (Å²) in [6.07, 6.45) is -5.03. The lowest BCUT2D eigenvalue weighted by atomic mass is 10.1. The van der Waals surface area contributed by atoms with E-state index in [1.807, 2.05) is 0 Å². The van der Waals surface area contributed by atoms with Gasteiger partial charge in [-0.05, 0) is 13.8 Å². The van der Waals surface area contributed by atoms with Crippen molar-refractivity contribution in [2.75, 3.05) is 6.61 Å². The zero-order chi connectivity index (χ0) is 11.9. The molecule has 0 aliphatic carbocycles. The van der Waals surface area contributed by atoms with E-state index in [2.05, 4.69) is 4.89 Å². The van der Waals surface area contributed by atoms with Crippen LogP contribution in [0, 0.1) is 0 Å². The van der Waals surface area contributed by atoms with Gasteiger partial charge in [0.2, 0.25) is 6.29 Å². The Bertz CT molecular complexity index is 256. The summed E-state index contributed by atoms with van der Waals surface area (Å²) in [5.41, 5.74) is 0. The van der Waals surface area contributed by atoms with Crippen LogP contribution >= 0.6 is 0 Å². The molecule has 5 atom stereocenters. The van der Waals surface area contributed by atoms with Gasteiger partial charge in [-0.3, -0.25) is 0 Å². The number of aliphatic hydroxyl groups is 2. The molecule has 2 fully saturated rings. The van der Waals surface area contributed by atoms with Crippen LogP contribution in [0.1, 0.15) is 13.8 Å². The van der Waals surface area contributed by atoms with Gasteiger partial charge in [0.1, 0.15) is 24.4 Å². The summed E-state index contributed by atoms with van der Waals surface area (Å²) in [4.78, 5) is 3.91. The second kappa shape index (κ2) is 4.19. The Balaban J connectivity index is 2.01. The lowest BCUT2D eigenvalue weighted by Gasteiger charge is -2.22. The highest BCUT2D eigenvalue weighted by Crippen LogP contribution is 2.32. The van der Waals surface area contributed by atoms with Gasteiger partial charge in [0.15, 0.2) is 5.79 Å². The Kier molecular flexibility index (Phi) is 3.19. The Hall–Kier alpha value is -0.280. The van der Waals surface area contributed by atoms with E-state index in [1.165, 1.54) is 0 Å². The van der Waals surface area contributed by atoms with Gasteiger partial charge >= 0.3 is 0 Å². The number of aliphatic hydroxyl groups excluding tert-OH is 2. The summed E-state index contributed by atoms with van der Waals surface area (Å²) < 4.78 is 15.9. The van der Waals surface area contributed by atoms with Crippen molar-refractivity contribution in [3.63, 3.8) is 0 Å². The molecular formula is C9H16O7. The molecule has 0 aromatic heterocycles. The normalized spacial score (nSPS) is 47.4. The summed E-state index contributed by atoms with van der Waals surface area (Å²) in [6.45, 7) is 3.73. The van der Waals surface area contributed by atoms with E-state index in [-0.39, 0.29) is 6.61 Å². The van der Waals surface area contributed by atoms with E-state index in [4.69, 9.17) is 19.5 Å². The zero-order valence-corrected chi connectivity index (χ0v) is 9.07. The Labute approximate surface area is 92.4 Å². The van der Waals surface area contributed by atoms with E-state index in [9.17, 15) is 10.2 Å². The van der Waals surface area contributed by atoms with Gasteiger partial charge in [-0.25, -0.2) is 10.1 Å². The molecule has 2 heterocycles. The Morgan fingerprint density at radius 1 is 1.25 bits per heavy atom. The fourth-order valence-corrected chi connectivity index (χ4v) is 1.94. The molecule has 0 saturated carbocycles. The van der Waals surface area contributed by atoms with Crippen molar-refractivity contribution in [2.45, 2.75) is 50.3 Å². The first kappa shape index (κ1) is 12.2. The van der Waals surface area contributed by atoms with Gasteiger partial charge in [0.25, 0.3) is 0 Å². The minimum atomic E-state index is -1.30. The summed E-state index contributed by atoms with van der Waals surface area (Å²) in [7, 11) is 0. The van der Waals surface area contributed by atoms with Crippen LogP contribution in [0.2, 0.25) is 0 Å². The van der Waals surface area contributed by atoms with Gasteiger partial charge in [-0.1, -0.05) is 0 Å².